The number of nitrogens with zero attached hydrogens (tertiary/aromatic N) is 4. The van der Waals surface area contributed by atoms with Crippen LogP contribution < -0.4 is 25.0 Å². The fraction of sp³-hybridized carbons (Fsp3) is 0.421. The smallest absolute Gasteiger partial charge is 0.231 e. The quantitative estimate of drug-likeness (QED) is 0.914. The Morgan fingerprint density at radius 3 is 2.42 bits per heavy atom. The molecule has 0 aliphatic carbocycles. The molecule has 7 nitrogen and oxygen atoms in total. The number of nitrogen functional groups attached to an aromatic ring is 1. The van der Waals surface area contributed by atoms with Crippen LogP contribution in [0.25, 0.3) is 0 Å². The number of hydrogen-bond acceptors (Lipinski definition) is 6. The topological polar surface area (TPSA) is 79.7 Å². The van der Waals surface area contributed by atoms with Gasteiger partial charge >= 0.3 is 0 Å². The van der Waals surface area contributed by atoms with Gasteiger partial charge in [-0.05, 0) is 32.0 Å². The first kappa shape index (κ1) is 16.5. The van der Waals surface area contributed by atoms with Crippen LogP contribution in [0.3, 0.4) is 0 Å². The van der Waals surface area contributed by atoms with Gasteiger partial charge in [0, 0.05) is 44.0 Å². The van der Waals surface area contributed by atoms with Crippen molar-refractivity contribution in [3.05, 3.63) is 30.0 Å². The van der Waals surface area contributed by atoms with Crippen molar-refractivity contribution in [2.75, 3.05) is 48.5 Å². The molecule has 1 aromatic carbocycles. The Labute approximate surface area is 153 Å². The highest BCUT2D eigenvalue weighted by Crippen LogP contribution is 2.36. The minimum Gasteiger partial charge on any atom is -0.454 e. The highest BCUT2D eigenvalue weighted by atomic mass is 16.7. The van der Waals surface area contributed by atoms with Crippen molar-refractivity contribution in [1.29, 1.82) is 5.26 Å². The first-order valence-corrected chi connectivity index (χ1v) is 8.89. The van der Waals surface area contributed by atoms with E-state index in [2.05, 4.69) is 35.8 Å². The fourth-order valence-corrected chi connectivity index (χ4v) is 3.74. The zero-order valence-electron chi connectivity index (χ0n) is 15.1. The number of piperazine rings is 1. The number of aromatic nitrogens is 1. The number of ether oxygens (including phenoxy) is 2. The van der Waals surface area contributed by atoms with Crippen LogP contribution in [-0.2, 0) is 0 Å². The molecule has 2 aliphatic rings. The van der Waals surface area contributed by atoms with Gasteiger partial charge in [0.2, 0.25) is 6.79 Å². The van der Waals surface area contributed by atoms with Crippen molar-refractivity contribution in [2.45, 2.75) is 19.9 Å². The van der Waals surface area contributed by atoms with E-state index in [0.29, 0.717) is 18.2 Å². The maximum absolute atomic E-state index is 9.40. The molecule has 1 fully saturated rings. The molecule has 1 aromatic heterocycles. The molecule has 0 amide bonds. The third-order valence-corrected chi connectivity index (χ3v) is 4.97. The third-order valence-electron chi connectivity index (χ3n) is 4.97. The van der Waals surface area contributed by atoms with Crippen LogP contribution in [0.1, 0.15) is 25.6 Å². The Kier molecular flexibility index (Phi) is 4.03. The largest absolute Gasteiger partial charge is 0.454 e. The maximum atomic E-state index is 9.40. The van der Waals surface area contributed by atoms with E-state index < -0.39 is 0 Å². The molecule has 7 heteroatoms. The SMILES string of the molecule is CC(C)n1c(C#N)cc(N)c1N1CCN(c2ccc3c(c2)OCO3)CC1. The van der Waals surface area contributed by atoms with E-state index in [1.165, 1.54) is 0 Å². The lowest BCUT2D eigenvalue weighted by Crippen LogP contribution is -2.47. The number of benzene rings is 1. The Hall–Kier alpha value is -3.01. The molecule has 26 heavy (non-hydrogen) atoms. The zero-order valence-corrected chi connectivity index (χ0v) is 15.1. The molecule has 3 heterocycles. The zero-order chi connectivity index (χ0) is 18.3. The second-order valence-electron chi connectivity index (χ2n) is 6.90. The molecule has 0 unspecified atom stereocenters. The molecule has 0 atom stereocenters. The van der Waals surface area contributed by atoms with Gasteiger partial charge in [0.1, 0.15) is 17.6 Å². The molecule has 0 radical (unpaired) electrons. The summed E-state index contributed by atoms with van der Waals surface area (Å²) in [6, 6.07) is 10.3. The highest BCUT2D eigenvalue weighted by Gasteiger charge is 2.25. The lowest BCUT2D eigenvalue weighted by atomic mass is 10.2. The third kappa shape index (κ3) is 2.68. The van der Waals surface area contributed by atoms with Gasteiger partial charge in [-0.25, -0.2) is 0 Å². The molecular weight excluding hydrogens is 330 g/mol. The minimum absolute atomic E-state index is 0.184. The molecule has 0 bridgehead atoms. The molecule has 0 spiro atoms. The molecular formula is C19H23N5O2. The number of fused-ring (bicyclic) bond motifs is 1. The summed E-state index contributed by atoms with van der Waals surface area (Å²) in [5.74, 6) is 2.57. The molecule has 2 aromatic rings. The van der Waals surface area contributed by atoms with E-state index in [9.17, 15) is 5.26 Å². The van der Waals surface area contributed by atoms with Gasteiger partial charge in [0.15, 0.2) is 11.5 Å². The number of nitrogens with two attached hydrogens (primary N) is 1. The standard InChI is InChI=1S/C19H23N5O2/c1-13(2)24-15(11-20)9-16(21)19(24)23-7-5-22(6-8-23)14-3-4-17-18(10-14)26-12-25-17/h3-4,9-10,13H,5-8,12,21H2,1-2H3. The van der Waals surface area contributed by atoms with Crippen molar-refractivity contribution >= 4 is 17.2 Å². The van der Waals surface area contributed by atoms with Crippen molar-refractivity contribution in [2.24, 2.45) is 0 Å². The van der Waals surface area contributed by atoms with Crippen LogP contribution in [-0.4, -0.2) is 37.5 Å². The molecule has 0 saturated carbocycles. The molecule has 1 saturated heterocycles. The molecule has 4 rings (SSSR count). The monoisotopic (exact) mass is 353 g/mol. The summed E-state index contributed by atoms with van der Waals surface area (Å²) in [4.78, 5) is 4.61. The predicted octanol–water partition coefficient (Wildman–Crippen LogP) is 2.58. The van der Waals surface area contributed by atoms with Gasteiger partial charge in [-0.3, -0.25) is 0 Å². The van der Waals surface area contributed by atoms with Gasteiger partial charge in [0.05, 0.1) is 5.69 Å². The fourth-order valence-electron chi connectivity index (χ4n) is 3.74. The van der Waals surface area contributed by atoms with Crippen LogP contribution in [0.5, 0.6) is 11.5 Å². The van der Waals surface area contributed by atoms with Gasteiger partial charge in [0.25, 0.3) is 0 Å². The van der Waals surface area contributed by atoms with Crippen molar-refractivity contribution in [3.63, 3.8) is 0 Å². The van der Waals surface area contributed by atoms with Gasteiger partial charge in [-0.15, -0.1) is 0 Å². The summed E-state index contributed by atoms with van der Waals surface area (Å²) >= 11 is 0. The van der Waals surface area contributed by atoms with Crippen molar-refractivity contribution < 1.29 is 9.47 Å². The summed E-state index contributed by atoms with van der Waals surface area (Å²) in [6.07, 6.45) is 0. The second-order valence-corrected chi connectivity index (χ2v) is 6.90. The minimum atomic E-state index is 0.184. The first-order chi connectivity index (χ1) is 12.6. The Morgan fingerprint density at radius 1 is 1.04 bits per heavy atom. The van der Waals surface area contributed by atoms with Crippen LogP contribution in [0.2, 0.25) is 0 Å². The van der Waals surface area contributed by atoms with Crippen molar-refractivity contribution in [3.8, 4) is 17.6 Å². The van der Waals surface area contributed by atoms with Crippen LogP contribution in [0.15, 0.2) is 24.3 Å². The van der Waals surface area contributed by atoms with E-state index in [-0.39, 0.29) is 6.04 Å². The van der Waals surface area contributed by atoms with Crippen LogP contribution >= 0.6 is 0 Å². The molecule has 2 aliphatic heterocycles. The van der Waals surface area contributed by atoms with E-state index in [1.807, 2.05) is 16.7 Å². The lowest BCUT2D eigenvalue weighted by molar-refractivity contribution is 0.174. The van der Waals surface area contributed by atoms with Crippen LogP contribution in [0.4, 0.5) is 17.2 Å². The summed E-state index contributed by atoms with van der Waals surface area (Å²) in [7, 11) is 0. The number of nitriles is 1. The van der Waals surface area contributed by atoms with Gasteiger partial charge < -0.3 is 29.6 Å². The number of hydrogen-bond donors (Lipinski definition) is 1. The maximum Gasteiger partial charge on any atom is 0.231 e. The van der Waals surface area contributed by atoms with Gasteiger partial charge in [-0.1, -0.05) is 0 Å². The number of anilines is 3. The Bertz CT molecular complexity index is 860. The Morgan fingerprint density at radius 2 is 1.73 bits per heavy atom. The average molecular weight is 353 g/mol. The molecule has 2 N–H and O–H groups in total. The summed E-state index contributed by atoms with van der Waals surface area (Å²) in [5, 5.41) is 9.40. The van der Waals surface area contributed by atoms with Crippen molar-refractivity contribution in [1.82, 2.24) is 4.57 Å². The predicted molar refractivity (Wildman–Crippen MR) is 101 cm³/mol. The average Bonchev–Trinajstić information content (AvgIpc) is 3.24. The second kappa shape index (κ2) is 6.37. The van der Waals surface area contributed by atoms with Crippen LogP contribution in [0, 0.1) is 11.3 Å². The van der Waals surface area contributed by atoms with E-state index in [1.54, 1.807) is 6.07 Å². The summed E-state index contributed by atoms with van der Waals surface area (Å²) in [5.41, 5.74) is 8.66. The highest BCUT2D eigenvalue weighted by molar-refractivity contribution is 5.69. The van der Waals surface area contributed by atoms with Gasteiger partial charge in [-0.2, -0.15) is 5.26 Å². The summed E-state index contributed by atoms with van der Waals surface area (Å²) in [6.45, 7) is 7.90. The van der Waals surface area contributed by atoms with E-state index in [4.69, 9.17) is 15.2 Å². The lowest BCUT2D eigenvalue weighted by Gasteiger charge is -2.38. The first-order valence-electron chi connectivity index (χ1n) is 8.89. The Balaban J connectivity index is 1.53. The molecule has 136 valence electrons. The van der Waals surface area contributed by atoms with E-state index >= 15 is 0 Å². The van der Waals surface area contributed by atoms with E-state index in [0.717, 1.165) is 49.2 Å². The number of rotatable bonds is 3. The summed E-state index contributed by atoms with van der Waals surface area (Å²) < 4.78 is 12.9. The normalized spacial score (nSPS) is 16.2.